The molecular formula is C16H23ClN2O2. The van der Waals surface area contributed by atoms with Gasteiger partial charge in [-0.25, -0.2) is 0 Å². The van der Waals surface area contributed by atoms with E-state index in [1.165, 1.54) is 19.3 Å². The van der Waals surface area contributed by atoms with Gasteiger partial charge in [0, 0.05) is 29.6 Å². The van der Waals surface area contributed by atoms with Crippen LogP contribution in [0.2, 0.25) is 5.02 Å². The highest BCUT2D eigenvalue weighted by molar-refractivity contribution is 6.31. The Morgan fingerprint density at radius 3 is 3.05 bits per heavy atom. The molecule has 0 aromatic heterocycles. The zero-order chi connectivity index (χ0) is 15.1. The van der Waals surface area contributed by atoms with Crippen LogP contribution in [0.4, 0.5) is 0 Å². The maximum Gasteiger partial charge on any atom is 0.220 e. The lowest BCUT2D eigenvalue weighted by molar-refractivity contribution is -0.121. The molecule has 21 heavy (non-hydrogen) atoms. The zero-order valence-electron chi connectivity index (χ0n) is 12.5. The second-order valence-electron chi connectivity index (χ2n) is 5.38. The Balaban J connectivity index is 1.78. The average molecular weight is 311 g/mol. The van der Waals surface area contributed by atoms with E-state index in [-0.39, 0.29) is 5.91 Å². The van der Waals surface area contributed by atoms with E-state index < -0.39 is 0 Å². The monoisotopic (exact) mass is 310 g/mol. The van der Waals surface area contributed by atoms with Gasteiger partial charge in [-0.15, -0.1) is 0 Å². The van der Waals surface area contributed by atoms with Crippen LogP contribution < -0.4 is 15.4 Å². The first kappa shape index (κ1) is 16.1. The fraction of sp³-hybridized carbons (Fsp3) is 0.562. The smallest absolute Gasteiger partial charge is 0.220 e. The Labute approximate surface area is 131 Å². The molecule has 1 saturated heterocycles. The van der Waals surface area contributed by atoms with Crippen LogP contribution in [0.25, 0.3) is 0 Å². The average Bonchev–Trinajstić information content (AvgIpc) is 2.52. The van der Waals surface area contributed by atoms with E-state index in [1.807, 2.05) is 12.1 Å². The van der Waals surface area contributed by atoms with Crippen molar-refractivity contribution in [1.82, 2.24) is 10.6 Å². The van der Waals surface area contributed by atoms with Crippen molar-refractivity contribution >= 4 is 17.5 Å². The van der Waals surface area contributed by atoms with E-state index in [9.17, 15) is 4.79 Å². The van der Waals surface area contributed by atoms with Crippen molar-refractivity contribution in [3.63, 3.8) is 0 Å². The molecule has 0 aliphatic carbocycles. The quantitative estimate of drug-likeness (QED) is 0.849. The fourth-order valence-electron chi connectivity index (χ4n) is 2.65. The van der Waals surface area contributed by atoms with Crippen molar-refractivity contribution < 1.29 is 9.53 Å². The highest BCUT2D eigenvalue weighted by Crippen LogP contribution is 2.25. The number of methoxy groups -OCH3 is 1. The Bertz CT molecular complexity index is 473. The van der Waals surface area contributed by atoms with Crippen molar-refractivity contribution in [2.75, 3.05) is 13.7 Å². The van der Waals surface area contributed by atoms with Crippen molar-refractivity contribution in [2.45, 2.75) is 44.7 Å². The lowest BCUT2D eigenvalue weighted by Crippen LogP contribution is -2.35. The van der Waals surface area contributed by atoms with Crippen LogP contribution in [-0.2, 0) is 11.3 Å². The Kier molecular flexibility index (Phi) is 6.33. The third-order valence-corrected chi connectivity index (χ3v) is 4.24. The van der Waals surface area contributed by atoms with Crippen molar-refractivity contribution in [1.29, 1.82) is 0 Å². The minimum absolute atomic E-state index is 0.0596. The van der Waals surface area contributed by atoms with Gasteiger partial charge in [0.25, 0.3) is 0 Å². The highest BCUT2D eigenvalue weighted by Gasteiger charge is 2.14. The fourth-order valence-corrected chi connectivity index (χ4v) is 2.89. The summed E-state index contributed by atoms with van der Waals surface area (Å²) in [6, 6.07) is 5.97. The number of halogens is 1. The van der Waals surface area contributed by atoms with Crippen LogP contribution in [-0.4, -0.2) is 25.6 Å². The summed E-state index contributed by atoms with van der Waals surface area (Å²) in [5.74, 6) is 0.765. The molecule has 1 aromatic rings. The lowest BCUT2D eigenvalue weighted by Gasteiger charge is -2.23. The van der Waals surface area contributed by atoms with E-state index in [0.717, 1.165) is 18.5 Å². The molecule has 1 aliphatic rings. The van der Waals surface area contributed by atoms with Crippen LogP contribution in [0.1, 0.15) is 37.7 Å². The van der Waals surface area contributed by atoms with Gasteiger partial charge < -0.3 is 15.4 Å². The van der Waals surface area contributed by atoms with Gasteiger partial charge in [-0.3, -0.25) is 4.79 Å². The standard InChI is InChI=1S/C16H23ClN2O2/c1-21-15-7-4-6-14(17)13(15)11-19-16(20)9-8-12-5-2-3-10-18-12/h4,6-7,12,18H,2-3,5,8-11H2,1H3,(H,19,20). The number of piperidine rings is 1. The van der Waals surface area contributed by atoms with Crippen molar-refractivity contribution in [2.24, 2.45) is 0 Å². The van der Waals surface area contributed by atoms with Crippen LogP contribution in [0, 0.1) is 0 Å². The molecule has 1 atom stereocenters. The second kappa shape index (κ2) is 8.25. The molecule has 1 aromatic carbocycles. The molecular weight excluding hydrogens is 288 g/mol. The third-order valence-electron chi connectivity index (χ3n) is 3.89. The first-order valence-corrected chi connectivity index (χ1v) is 7.90. The van der Waals surface area contributed by atoms with E-state index in [2.05, 4.69) is 10.6 Å². The lowest BCUT2D eigenvalue weighted by atomic mass is 10.0. The van der Waals surface area contributed by atoms with Crippen LogP contribution in [0.3, 0.4) is 0 Å². The number of nitrogens with one attached hydrogen (secondary N) is 2. The number of amides is 1. The summed E-state index contributed by atoms with van der Waals surface area (Å²) in [5, 5.41) is 6.99. The predicted molar refractivity (Wildman–Crippen MR) is 84.7 cm³/mol. The van der Waals surface area contributed by atoms with Crippen molar-refractivity contribution in [3.8, 4) is 5.75 Å². The second-order valence-corrected chi connectivity index (χ2v) is 5.79. The molecule has 2 N–H and O–H groups in total. The maximum absolute atomic E-state index is 11.9. The van der Waals surface area contributed by atoms with Gasteiger partial charge in [-0.2, -0.15) is 0 Å². The molecule has 0 spiro atoms. The SMILES string of the molecule is COc1cccc(Cl)c1CNC(=O)CCC1CCCCN1. The number of hydrogen-bond acceptors (Lipinski definition) is 3. The molecule has 5 heteroatoms. The van der Waals surface area contributed by atoms with E-state index >= 15 is 0 Å². The first-order chi connectivity index (χ1) is 10.2. The number of carbonyl (C=O) groups is 1. The maximum atomic E-state index is 11.9. The molecule has 0 radical (unpaired) electrons. The summed E-state index contributed by atoms with van der Waals surface area (Å²) in [4.78, 5) is 11.9. The summed E-state index contributed by atoms with van der Waals surface area (Å²) in [6.45, 7) is 1.48. The molecule has 116 valence electrons. The van der Waals surface area contributed by atoms with Gasteiger partial charge in [-0.05, 0) is 37.9 Å². The molecule has 4 nitrogen and oxygen atoms in total. The number of benzene rings is 1. The van der Waals surface area contributed by atoms with E-state index in [0.29, 0.717) is 29.8 Å². The third kappa shape index (κ3) is 4.90. The normalized spacial score (nSPS) is 18.3. The molecule has 1 heterocycles. The van der Waals surface area contributed by atoms with Crippen molar-refractivity contribution in [3.05, 3.63) is 28.8 Å². The molecule has 2 rings (SSSR count). The molecule has 0 bridgehead atoms. The number of rotatable bonds is 6. The van der Waals surface area contributed by atoms with Crippen LogP contribution in [0.5, 0.6) is 5.75 Å². The van der Waals surface area contributed by atoms with Gasteiger partial charge in [0.1, 0.15) is 5.75 Å². The topological polar surface area (TPSA) is 50.4 Å². The number of hydrogen-bond donors (Lipinski definition) is 2. The molecule has 1 amide bonds. The molecule has 1 fully saturated rings. The Hall–Kier alpha value is -1.26. The van der Waals surface area contributed by atoms with Gasteiger partial charge in [0.15, 0.2) is 0 Å². The highest BCUT2D eigenvalue weighted by atomic mass is 35.5. The molecule has 1 unspecified atom stereocenters. The number of ether oxygens (including phenoxy) is 1. The summed E-state index contributed by atoms with van der Waals surface area (Å²) < 4.78 is 5.27. The van der Waals surface area contributed by atoms with E-state index in [4.69, 9.17) is 16.3 Å². The van der Waals surface area contributed by atoms with Gasteiger partial charge in [0.05, 0.1) is 7.11 Å². The van der Waals surface area contributed by atoms with Gasteiger partial charge >= 0.3 is 0 Å². The first-order valence-electron chi connectivity index (χ1n) is 7.52. The minimum Gasteiger partial charge on any atom is -0.496 e. The van der Waals surface area contributed by atoms with Gasteiger partial charge in [0.2, 0.25) is 5.91 Å². The summed E-state index contributed by atoms with van der Waals surface area (Å²) in [6.07, 6.45) is 5.12. The zero-order valence-corrected chi connectivity index (χ0v) is 13.2. The minimum atomic E-state index is 0.0596. The predicted octanol–water partition coefficient (Wildman–Crippen LogP) is 2.89. The Morgan fingerprint density at radius 2 is 2.33 bits per heavy atom. The van der Waals surface area contributed by atoms with E-state index in [1.54, 1.807) is 13.2 Å². The number of carbonyl (C=O) groups excluding carboxylic acids is 1. The van der Waals surface area contributed by atoms with Gasteiger partial charge in [-0.1, -0.05) is 24.1 Å². The molecule has 1 aliphatic heterocycles. The summed E-state index contributed by atoms with van der Waals surface area (Å²) >= 11 is 6.15. The summed E-state index contributed by atoms with van der Waals surface area (Å²) in [7, 11) is 1.60. The van der Waals surface area contributed by atoms with Crippen LogP contribution >= 0.6 is 11.6 Å². The summed E-state index contributed by atoms with van der Waals surface area (Å²) in [5.41, 5.74) is 0.825. The Morgan fingerprint density at radius 1 is 1.48 bits per heavy atom. The van der Waals surface area contributed by atoms with Crippen LogP contribution in [0.15, 0.2) is 18.2 Å². The largest absolute Gasteiger partial charge is 0.496 e. The molecule has 0 saturated carbocycles.